The second-order valence-electron chi connectivity index (χ2n) is 4.69. The molecule has 0 amide bonds. The lowest BCUT2D eigenvalue weighted by molar-refractivity contribution is 0.201. The third-order valence-corrected chi connectivity index (χ3v) is 3.37. The fraction of sp³-hybridized carbons (Fsp3) is 0.625. The van der Waals surface area contributed by atoms with E-state index in [-0.39, 0.29) is 6.10 Å². The van der Waals surface area contributed by atoms with Crippen molar-refractivity contribution in [2.24, 2.45) is 0 Å². The van der Waals surface area contributed by atoms with Crippen molar-refractivity contribution in [1.29, 1.82) is 0 Å². The van der Waals surface area contributed by atoms with E-state index in [1.165, 1.54) is 16.7 Å². The second kappa shape index (κ2) is 8.30. The highest BCUT2D eigenvalue weighted by atomic mass is 16.3. The molecule has 0 aliphatic carbocycles. The molecule has 1 nitrogen and oxygen atoms in total. The maximum atomic E-state index is 10.2. The van der Waals surface area contributed by atoms with Gasteiger partial charge in [-0.05, 0) is 51.7 Å². The molecule has 0 aromatic carbocycles. The SMILES string of the molecule is C\C=C(C)/C(C)=C\C(=C(/C)CC)C(O)CCC. The first-order valence-corrected chi connectivity index (χ1v) is 6.67. The summed E-state index contributed by atoms with van der Waals surface area (Å²) in [6.07, 6.45) is 6.78. The summed E-state index contributed by atoms with van der Waals surface area (Å²) >= 11 is 0. The summed E-state index contributed by atoms with van der Waals surface area (Å²) in [4.78, 5) is 0. The molecule has 0 aliphatic rings. The molecule has 0 heterocycles. The molecule has 0 aromatic heterocycles. The van der Waals surface area contributed by atoms with Crippen LogP contribution in [0.5, 0.6) is 0 Å². The fourth-order valence-corrected chi connectivity index (χ4v) is 1.71. The lowest BCUT2D eigenvalue weighted by Crippen LogP contribution is -2.10. The Bertz CT molecular complexity index is 318. The van der Waals surface area contributed by atoms with Gasteiger partial charge in [0.25, 0.3) is 0 Å². The maximum Gasteiger partial charge on any atom is 0.0789 e. The van der Waals surface area contributed by atoms with Crippen molar-refractivity contribution in [2.45, 2.75) is 66.9 Å². The third-order valence-electron chi connectivity index (χ3n) is 3.37. The van der Waals surface area contributed by atoms with Crippen LogP contribution in [0.3, 0.4) is 0 Å². The van der Waals surface area contributed by atoms with Gasteiger partial charge in [0.1, 0.15) is 0 Å². The van der Waals surface area contributed by atoms with Gasteiger partial charge in [0.15, 0.2) is 0 Å². The Morgan fingerprint density at radius 2 is 1.71 bits per heavy atom. The molecule has 1 heteroatoms. The summed E-state index contributed by atoms with van der Waals surface area (Å²) in [5.41, 5.74) is 4.91. The average Bonchev–Trinajstić information content (AvgIpc) is 2.33. The Morgan fingerprint density at radius 1 is 1.12 bits per heavy atom. The van der Waals surface area contributed by atoms with Crippen molar-refractivity contribution >= 4 is 0 Å². The summed E-state index contributed by atoms with van der Waals surface area (Å²) in [5, 5.41) is 10.2. The molecular weight excluding hydrogens is 208 g/mol. The molecule has 98 valence electrons. The van der Waals surface area contributed by atoms with Crippen molar-refractivity contribution in [2.75, 3.05) is 0 Å². The van der Waals surface area contributed by atoms with E-state index in [0.717, 1.165) is 24.8 Å². The van der Waals surface area contributed by atoms with Crippen LogP contribution in [0, 0.1) is 0 Å². The molecule has 0 fully saturated rings. The highest BCUT2D eigenvalue weighted by Gasteiger charge is 2.10. The van der Waals surface area contributed by atoms with Gasteiger partial charge < -0.3 is 5.11 Å². The number of rotatable bonds is 6. The zero-order chi connectivity index (χ0) is 13.4. The van der Waals surface area contributed by atoms with E-state index in [4.69, 9.17) is 0 Å². The van der Waals surface area contributed by atoms with Gasteiger partial charge in [-0.15, -0.1) is 0 Å². The molecule has 1 unspecified atom stereocenters. The Balaban J connectivity index is 5.24. The highest BCUT2D eigenvalue weighted by Crippen LogP contribution is 2.21. The number of allylic oxidation sites excluding steroid dienone is 4. The zero-order valence-corrected chi connectivity index (χ0v) is 12.3. The molecule has 0 saturated heterocycles. The van der Waals surface area contributed by atoms with Crippen molar-refractivity contribution < 1.29 is 5.11 Å². The molecule has 0 bridgehead atoms. The van der Waals surface area contributed by atoms with E-state index in [1.54, 1.807) is 0 Å². The van der Waals surface area contributed by atoms with Gasteiger partial charge in [0, 0.05) is 0 Å². The molecule has 17 heavy (non-hydrogen) atoms. The quantitative estimate of drug-likeness (QED) is 0.658. The van der Waals surface area contributed by atoms with E-state index in [2.05, 4.69) is 46.8 Å². The van der Waals surface area contributed by atoms with Crippen molar-refractivity contribution in [3.05, 3.63) is 34.4 Å². The zero-order valence-electron chi connectivity index (χ0n) is 12.3. The van der Waals surface area contributed by atoms with E-state index < -0.39 is 0 Å². The smallest absolute Gasteiger partial charge is 0.0789 e. The van der Waals surface area contributed by atoms with Gasteiger partial charge in [0.05, 0.1) is 6.10 Å². The summed E-state index contributed by atoms with van der Waals surface area (Å²) in [6.45, 7) is 12.6. The molecule has 0 rings (SSSR count). The lowest BCUT2D eigenvalue weighted by Gasteiger charge is -2.16. The fourth-order valence-electron chi connectivity index (χ4n) is 1.71. The largest absolute Gasteiger partial charge is 0.388 e. The molecule has 1 atom stereocenters. The van der Waals surface area contributed by atoms with Crippen molar-refractivity contribution in [3.63, 3.8) is 0 Å². The summed E-state index contributed by atoms with van der Waals surface area (Å²) in [6, 6.07) is 0. The van der Waals surface area contributed by atoms with Crippen LogP contribution in [0.4, 0.5) is 0 Å². The van der Waals surface area contributed by atoms with Crippen LogP contribution in [-0.2, 0) is 0 Å². The minimum atomic E-state index is -0.320. The minimum Gasteiger partial charge on any atom is -0.388 e. The summed E-state index contributed by atoms with van der Waals surface area (Å²) in [7, 11) is 0. The summed E-state index contributed by atoms with van der Waals surface area (Å²) in [5.74, 6) is 0. The van der Waals surface area contributed by atoms with E-state index in [0.29, 0.717) is 0 Å². The first-order valence-electron chi connectivity index (χ1n) is 6.67. The van der Waals surface area contributed by atoms with Crippen molar-refractivity contribution in [3.8, 4) is 0 Å². The number of hydrogen-bond donors (Lipinski definition) is 1. The van der Waals surface area contributed by atoms with Gasteiger partial charge in [-0.25, -0.2) is 0 Å². The topological polar surface area (TPSA) is 20.2 Å². The molecule has 0 aromatic rings. The predicted molar refractivity (Wildman–Crippen MR) is 77.1 cm³/mol. The molecule has 0 saturated carbocycles. The van der Waals surface area contributed by atoms with Gasteiger partial charge in [0.2, 0.25) is 0 Å². The summed E-state index contributed by atoms with van der Waals surface area (Å²) < 4.78 is 0. The molecular formula is C16H28O. The van der Waals surface area contributed by atoms with Crippen LogP contribution in [0.1, 0.15) is 60.8 Å². The van der Waals surface area contributed by atoms with Gasteiger partial charge in [-0.3, -0.25) is 0 Å². The standard InChI is InChI=1S/C16H28O/c1-7-10-16(17)15(13(5)9-3)11-14(6)12(4)8-2/h8,11,16-17H,7,9-10H2,1-6H3/b12-8-,14-11-,15-13-. The van der Waals surface area contributed by atoms with E-state index in [9.17, 15) is 5.11 Å². The number of hydrogen-bond acceptors (Lipinski definition) is 1. The monoisotopic (exact) mass is 236 g/mol. The molecule has 0 aliphatic heterocycles. The first-order chi connectivity index (χ1) is 7.97. The lowest BCUT2D eigenvalue weighted by atomic mass is 9.95. The average molecular weight is 236 g/mol. The predicted octanol–water partition coefficient (Wildman–Crippen LogP) is 4.79. The second-order valence-corrected chi connectivity index (χ2v) is 4.69. The van der Waals surface area contributed by atoms with E-state index in [1.807, 2.05) is 6.92 Å². The molecule has 1 N–H and O–H groups in total. The Kier molecular flexibility index (Phi) is 7.90. The Hall–Kier alpha value is -0.820. The first kappa shape index (κ1) is 16.2. The van der Waals surface area contributed by atoms with Crippen LogP contribution in [0.15, 0.2) is 34.4 Å². The van der Waals surface area contributed by atoms with Crippen LogP contribution >= 0.6 is 0 Å². The maximum absolute atomic E-state index is 10.2. The Morgan fingerprint density at radius 3 is 2.12 bits per heavy atom. The Labute approximate surface area is 107 Å². The van der Waals surface area contributed by atoms with Gasteiger partial charge >= 0.3 is 0 Å². The number of aliphatic hydroxyl groups is 1. The minimum absolute atomic E-state index is 0.320. The van der Waals surface area contributed by atoms with Crippen molar-refractivity contribution in [1.82, 2.24) is 0 Å². The molecule has 0 radical (unpaired) electrons. The van der Waals surface area contributed by atoms with E-state index >= 15 is 0 Å². The van der Waals surface area contributed by atoms with Crippen LogP contribution in [0.25, 0.3) is 0 Å². The van der Waals surface area contributed by atoms with Crippen LogP contribution < -0.4 is 0 Å². The van der Waals surface area contributed by atoms with Crippen LogP contribution in [-0.4, -0.2) is 11.2 Å². The van der Waals surface area contributed by atoms with Crippen LogP contribution in [0.2, 0.25) is 0 Å². The normalized spacial score (nSPS) is 16.9. The van der Waals surface area contributed by atoms with Gasteiger partial charge in [-0.1, -0.05) is 43.6 Å². The number of aliphatic hydroxyl groups excluding tert-OH is 1. The molecule has 0 spiro atoms. The van der Waals surface area contributed by atoms with Gasteiger partial charge in [-0.2, -0.15) is 0 Å². The highest BCUT2D eigenvalue weighted by molar-refractivity contribution is 5.38. The third kappa shape index (κ3) is 5.36.